The molecule has 0 aliphatic carbocycles. The van der Waals surface area contributed by atoms with Crippen LogP contribution in [0.1, 0.15) is 5.56 Å². The Labute approximate surface area is 110 Å². The van der Waals surface area contributed by atoms with Gasteiger partial charge in [-0.15, -0.1) is 0 Å². The van der Waals surface area contributed by atoms with Gasteiger partial charge in [0.2, 0.25) is 0 Å². The van der Waals surface area contributed by atoms with Crippen LogP contribution in [0.15, 0.2) is 42.5 Å². The molecule has 2 aromatic rings. The summed E-state index contributed by atoms with van der Waals surface area (Å²) in [5, 5.41) is 3.72. The summed E-state index contributed by atoms with van der Waals surface area (Å²) < 4.78 is 18.1. The summed E-state index contributed by atoms with van der Waals surface area (Å²) in [5.74, 6) is 0.398. The smallest absolute Gasteiger partial charge is 0.137 e. The molecule has 94 valence electrons. The third kappa shape index (κ3) is 3.14. The molecule has 0 bridgehead atoms. The predicted octanol–water partition coefficient (Wildman–Crippen LogP) is 4.10. The highest BCUT2D eigenvalue weighted by Gasteiger charge is 2.01. The minimum atomic E-state index is -0.234. The van der Waals surface area contributed by atoms with E-state index in [4.69, 9.17) is 16.3 Å². The number of nitrogens with one attached hydrogen (secondary N) is 1. The summed E-state index contributed by atoms with van der Waals surface area (Å²) in [5.41, 5.74) is 1.74. The zero-order valence-electron chi connectivity index (χ0n) is 9.91. The maximum atomic E-state index is 13.0. The monoisotopic (exact) mass is 265 g/mol. The standard InChI is InChI=1S/C14H13ClFNO/c1-18-14-6-5-12(8-13(14)15)17-9-10-3-2-4-11(16)7-10/h2-8,17H,9H2,1H3. The Morgan fingerprint density at radius 2 is 2.06 bits per heavy atom. The van der Waals surface area contributed by atoms with Crippen LogP contribution in [0, 0.1) is 5.82 Å². The molecule has 0 amide bonds. The molecule has 0 aromatic heterocycles. The van der Waals surface area contributed by atoms with Crippen molar-refractivity contribution in [2.24, 2.45) is 0 Å². The Morgan fingerprint density at radius 1 is 1.22 bits per heavy atom. The van der Waals surface area contributed by atoms with Gasteiger partial charge in [0.25, 0.3) is 0 Å². The van der Waals surface area contributed by atoms with Crippen molar-refractivity contribution >= 4 is 17.3 Å². The summed E-state index contributed by atoms with van der Waals surface area (Å²) in [4.78, 5) is 0. The van der Waals surface area contributed by atoms with Crippen LogP contribution in [0.3, 0.4) is 0 Å². The van der Waals surface area contributed by atoms with E-state index in [2.05, 4.69) is 5.32 Å². The van der Waals surface area contributed by atoms with Crippen molar-refractivity contribution in [1.82, 2.24) is 0 Å². The SMILES string of the molecule is COc1ccc(NCc2cccc(F)c2)cc1Cl. The first-order valence-electron chi connectivity index (χ1n) is 5.51. The molecule has 2 aromatic carbocycles. The number of ether oxygens (including phenoxy) is 1. The zero-order valence-corrected chi connectivity index (χ0v) is 10.7. The molecule has 2 nitrogen and oxygen atoms in total. The number of rotatable bonds is 4. The third-order valence-electron chi connectivity index (χ3n) is 2.54. The minimum absolute atomic E-state index is 0.234. The maximum absolute atomic E-state index is 13.0. The van der Waals surface area contributed by atoms with Crippen LogP contribution >= 0.6 is 11.6 Å². The molecule has 0 unspecified atom stereocenters. The molecule has 0 aliphatic heterocycles. The molecular formula is C14H13ClFNO. The molecule has 0 saturated carbocycles. The van der Waals surface area contributed by atoms with E-state index in [1.165, 1.54) is 12.1 Å². The molecule has 18 heavy (non-hydrogen) atoms. The second-order valence-corrected chi connectivity index (χ2v) is 4.24. The Kier molecular flexibility index (Phi) is 4.05. The van der Waals surface area contributed by atoms with E-state index in [0.29, 0.717) is 17.3 Å². The predicted molar refractivity (Wildman–Crippen MR) is 71.7 cm³/mol. The Balaban J connectivity index is 2.04. The molecule has 0 heterocycles. The summed E-state index contributed by atoms with van der Waals surface area (Å²) >= 11 is 6.01. The first kappa shape index (κ1) is 12.7. The summed E-state index contributed by atoms with van der Waals surface area (Å²) in [6, 6.07) is 11.9. The first-order valence-corrected chi connectivity index (χ1v) is 5.88. The molecule has 0 spiro atoms. The van der Waals surface area contributed by atoms with Crippen LogP contribution in [0.2, 0.25) is 5.02 Å². The average molecular weight is 266 g/mol. The van der Waals surface area contributed by atoms with Gasteiger partial charge in [-0.05, 0) is 35.9 Å². The van der Waals surface area contributed by atoms with Gasteiger partial charge in [-0.1, -0.05) is 23.7 Å². The highest BCUT2D eigenvalue weighted by molar-refractivity contribution is 6.32. The fourth-order valence-corrected chi connectivity index (χ4v) is 1.89. The quantitative estimate of drug-likeness (QED) is 0.899. The number of methoxy groups -OCH3 is 1. The number of hydrogen-bond donors (Lipinski definition) is 1. The van der Waals surface area contributed by atoms with Crippen molar-refractivity contribution in [3.63, 3.8) is 0 Å². The van der Waals surface area contributed by atoms with Crippen LogP contribution in [-0.4, -0.2) is 7.11 Å². The summed E-state index contributed by atoms with van der Waals surface area (Å²) in [7, 11) is 1.57. The molecule has 1 N–H and O–H groups in total. The summed E-state index contributed by atoms with van der Waals surface area (Å²) in [6.07, 6.45) is 0. The third-order valence-corrected chi connectivity index (χ3v) is 2.83. The van der Waals surface area contributed by atoms with Crippen LogP contribution in [0.4, 0.5) is 10.1 Å². The van der Waals surface area contributed by atoms with Crippen molar-refractivity contribution in [1.29, 1.82) is 0 Å². The van der Waals surface area contributed by atoms with Gasteiger partial charge in [0.1, 0.15) is 11.6 Å². The number of halogens is 2. The van der Waals surface area contributed by atoms with Crippen molar-refractivity contribution < 1.29 is 9.13 Å². The van der Waals surface area contributed by atoms with Crippen LogP contribution in [0.5, 0.6) is 5.75 Å². The molecule has 2 rings (SSSR count). The van der Waals surface area contributed by atoms with Gasteiger partial charge in [-0.3, -0.25) is 0 Å². The molecule has 4 heteroatoms. The van der Waals surface area contributed by atoms with E-state index in [1.54, 1.807) is 25.3 Å². The highest BCUT2D eigenvalue weighted by Crippen LogP contribution is 2.27. The lowest BCUT2D eigenvalue weighted by atomic mass is 10.2. The molecular weight excluding hydrogens is 253 g/mol. The second-order valence-electron chi connectivity index (χ2n) is 3.83. The van der Waals surface area contributed by atoms with Crippen molar-refractivity contribution in [2.45, 2.75) is 6.54 Å². The van der Waals surface area contributed by atoms with Crippen LogP contribution in [-0.2, 0) is 6.54 Å². The van der Waals surface area contributed by atoms with E-state index >= 15 is 0 Å². The van der Waals surface area contributed by atoms with Gasteiger partial charge in [0, 0.05) is 12.2 Å². The lowest BCUT2D eigenvalue weighted by Crippen LogP contribution is -1.99. The van der Waals surface area contributed by atoms with E-state index in [-0.39, 0.29) is 5.82 Å². The molecule has 0 radical (unpaired) electrons. The lowest BCUT2D eigenvalue weighted by molar-refractivity contribution is 0.415. The molecule has 0 fully saturated rings. The van der Waals surface area contributed by atoms with Gasteiger partial charge >= 0.3 is 0 Å². The lowest BCUT2D eigenvalue weighted by Gasteiger charge is -2.09. The normalized spacial score (nSPS) is 10.2. The van der Waals surface area contributed by atoms with Crippen LogP contribution < -0.4 is 10.1 Å². The second kappa shape index (κ2) is 5.74. The van der Waals surface area contributed by atoms with Crippen molar-refractivity contribution in [2.75, 3.05) is 12.4 Å². The fourth-order valence-electron chi connectivity index (χ4n) is 1.63. The Bertz CT molecular complexity index is 545. The Hall–Kier alpha value is -1.74. The van der Waals surface area contributed by atoms with Gasteiger partial charge in [0.15, 0.2) is 0 Å². The number of hydrogen-bond acceptors (Lipinski definition) is 2. The van der Waals surface area contributed by atoms with Gasteiger partial charge < -0.3 is 10.1 Å². The van der Waals surface area contributed by atoms with Gasteiger partial charge in [-0.25, -0.2) is 4.39 Å². The Morgan fingerprint density at radius 3 is 2.72 bits per heavy atom. The van der Waals surface area contributed by atoms with Gasteiger partial charge in [-0.2, -0.15) is 0 Å². The molecule has 0 aliphatic rings. The van der Waals surface area contributed by atoms with Crippen molar-refractivity contribution in [3.05, 3.63) is 58.9 Å². The number of anilines is 1. The largest absolute Gasteiger partial charge is 0.495 e. The first-order chi connectivity index (χ1) is 8.69. The fraction of sp³-hybridized carbons (Fsp3) is 0.143. The average Bonchev–Trinajstić information content (AvgIpc) is 2.37. The maximum Gasteiger partial charge on any atom is 0.137 e. The minimum Gasteiger partial charge on any atom is -0.495 e. The number of benzene rings is 2. The molecule has 0 atom stereocenters. The van der Waals surface area contributed by atoms with E-state index < -0.39 is 0 Å². The van der Waals surface area contributed by atoms with Crippen molar-refractivity contribution in [3.8, 4) is 5.75 Å². The van der Waals surface area contributed by atoms with Crippen LogP contribution in [0.25, 0.3) is 0 Å². The highest BCUT2D eigenvalue weighted by atomic mass is 35.5. The molecule has 0 saturated heterocycles. The zero-order chi connectivity index (χ0) is 13.0. The summed E-state index contributed by atoms with van der Waals surface area (Å²) in [6.45, 7) is 0.542. The van der Waals surface area contributed by atoms with E-state index in [1.807, 2.05) is 12.1 Å². The van der Waals surface area contributed by atoms with E-state index in [0.717, 1.165) is 11.3 Å². The van der Waals surface area contributed by atoms with Gasteiger partial charge in [0.05, 0.1) is 12.1 Å². The van der Waals surface area contributed by atoms with E-state index in [9.17, 15) is 4.39 Å². The topological polar surface area (TPSA) is 21.3 Å².